The van der Waals surface area contributed by atoms with E-state index in [1.54, 1.807) is 18.2 Å². The topological polar surface area (TPSA) is 96.7 Å². The normalized spacial score (nSPS) is 11.3. The highest BCUT2D eigenvalue weighted by Gasteiger charge is 2.11. The lowest BCUT2D eigenvalue weighted by molar-refractivity contribution is -0.116. The largest absolute Gasteiger partial charge is 0.339 e. The zero-order valence-corrected chi connectivity index (χ0v) is 16.8. The van der Waals surface area contributed by atoms with Crippen molar-refractivity contribution in [3.05, 3.63) is 60.0 Å². The number of amides is 1. The van der Waals surface area contributed by atoms with E-state index < -0.39 is 0 Å². The molecule has 154 valence electrons. The van der Waals surface area contributed by atoms with E-state index in [4.69, 9.17) is 4.52 Å². The summed E-state index contributed by atoms with van der Waals surface area (Å²) in [4.78, 5) is 24.2. The zero-order chi connectivity index (χ0) is 21.1. The molecule has 2 N–H and O–H groups in total. The number of anilines is 1. The Morgan fingerprint density at radius 1 is 1.20 bits per heavy atom. The number of hydrogen-bond donors (Lipinski definition) is 2. The van der Waals surface area contributed by atoms with E-state index in [2.05, 4.69) is 25.4 Å². The van der Waals surface area contributed by atoms with Crippen molar-refractivity contribution in [1.29, 1.82) is 0 Å². The Hall–Kier alpha value is -3.55. The molecule has 0 bridgehead atoms. The van der Waals surface area contributed by atoms with E-state index in [-0.39, 0.29) is 17.6 Å². The second-order valence-electron chi connectivity index (χ2n) is 7.43. The van der Waals surface area contributed by atoms with Gasteiger partial charge in [-0.05, 0) is 36.8 Å². The van der Waals surface area contributed by atoms with Crippen LogP contribution >= 0.6 is 0 Å². The maximum atomic E-state index is 13.5. The summed E-state index contributed by atoms with van der Waals surface area (Å²) in [5.41, 5.74) is 2.84. The number of carbonyl (C=O) groups excluding carboxylic acids is 1. The van der Waals surface area contributed by atoms with E-state index in [0.29, 0.717) is 48.1 Å². The van der Waals surface area contributed by atoms with Gasteiger partial charge in [-0.25, -0.2) is 9.37 Å². The van der Waals surface area contributed by atoms with Crippen LogP contribution in [0.15, 0.2) is 47.0 Å². The van der Waals surface area contributed by atoms with Crippen molar-refractivity contribution in [3.8, 4) is 11.4 Å². The fraction of sp³-hybridized carbons (Fsp3) is 0.273. The van der Waals surface area contributed by atoms with Gasteiger partial charge in [0.05, 0.1) is 11.0 Å². The molecule has 8 heteroatoms. The molecule has 2 aromatic carbocycles. The van der Waals surface area contributed by atoms with Crippen LogP contribution in [0.5, 0.6) is 0 Å². The Bertz CT molecular complexity index is 1180. The molecule has 0 aliphatic heterocycles. The van der Waals surface area contributed by atoms with Crippen molar-refractivity contribution >= 4 is 22.6 Å². The monoisotopic (exact) mass is 407 g/mol. The van der Waals surface area contributed by atoms with E-state index in [0.717, 1.165) is 11.0 Å². The Morgan fingerprint density at radius 3 is 2.83 bits per heavy atom. The number of carbonyl (C=O) groups is 1. The van der Waals surface area contributed by atoms with Gasteiger partial charge in [0.15, 0.2) is 5.82 Å². The number of imidazole rings is 1. The average Bonchev–Trinajstić information content (AvgIpc) is 3.35. The second kappa shape index (κ2) is 8.44. The summed E-state index contributed by atoms with van der Waals surface area (Å²) >= 11 is 0. The quantitative estimate of drug-likeness (QED) is 0.457. The van der Waals surface area contributed by atoms with Gasteiger partial charge in [-0.3, -0.25) is 4.79 Å². The fourth-order valence-corrected chi connectivity index (χ4v) is 3.09. The number of fused-ring (bicyclic) bond motifs is 1. The number of aromatic nitrogens is 4. The molecule has 0 saturated carbocycles. The molecule has 7 nitrogen and oxygen atoms in total. The van der Waals surface area contributed by atoms with Crippen molar-refractivity contribution in [1.82, 2.24) is 20.1 Å². The van der Waals surface area contributed by atoms with Crippen molar-refractivity contribution in [2.45, 2.75) is 39.0 Å². The molecule has 2 heterocycles. The predicted molar refractivity (Wildman–Crippen MR) is 111 cm³/mol. The number of H-pyrrole nitrogens is 1. The number of nitrogens with zero attached hydrogens (tertiary/aromatic N) is 3. The third kappa shape index (κ3) is 4.53. The van der Waals surface area contributed by atoms with Gasteiger partial charge in [0, 0.05) is 30.0 Å². The summed E-state index contributed by atoms with van der Waals surface area (Å²) in [6, 6.07) is 11.7. The van der Waals surface area contributed by atoms with Gasteiger partial charge < -0.3 is 14.8 Å². The molecule has 4 rings (SSSR count). The molecule has 0 aliphatic carbocycles. The summed E-state index contributed by atoms with van der Waals surface area (Å²) in [5.74, 6) is 1.61. The highest BCUT2D eigenvalue weighted by atomic mass is 19.1. The number of benzene rings is 2. The van der Waals surface area contributed by atoms with Gasteiger partial charge in [0.1, 0.15) is 11.6 Å². The minimum absolute atomic E-state index is 0.0946. The maximum absolute atomic E-state index is 13.5. The van der Waals surface area contributed by atoms with E-state index in [1.807, 2.05) is 26.0 Å². The number of hydrogen-bond acceptors (Lipinski definition) is 5. The molecular weight excluding hydrogens is 385 g/mol. The van der Waals surface area contributed by atoms with Gasteiger partial charge in [-0.15, -0.1) is 0 Å². The van der Waals surface area contributed by atoms with E-state index in [1.165, 1.54) is 12.1 Å². The standard InChI is InChI=1S/C22H22FN5O2/c1-13(2)21-27-20(30-28-21)8-4-7-19(29)24-16-9-10-17-18(12-16)26-22(25-17)14-5-3-6-15(23)11-14/h3,5-6,9-13H,4,7-8H2,1-2H3,(H,24,29)(H,25,26). The molecule has 4 aromatic rings. The van der Waals surface area contributed by atoms with Crippen LogP contribution in [-0.4, -0.2) is 26.0 Å². The Balaban J connectivity index is 1.36. The van der Waals surface area contributed by atoms with Crippen LogP contribution < -0.4 is 5.32 Å². The molecule has 0 atom stereocenters. The predicted octanol–water partition coefficient (Wildman–Crippen LogP) is 4.84. The molecule has 0 radical (unpaired) electrons. The summed E-state index contributed by atoms with van der Waals surface area (Å²) in [7, 11) is 0. The van der Waals surface area contributed by atoms with E-state index in [9.17, 15) is 9.18 Å². The highest BCUT2D eigenvalue weighted by Crippen LogP contribution is 2.23. The second-order valence-corrected chi connectivity index (χ2v) is 7.43. The zero-order valence-electron chi connectivity index (χ0n) is 16.8. The molecule has 0 unspecified atom stereocenters. The first-order chi connectivity index (χ1) is 14.5. The highest BCUT2D eigenvalue weighted by molar-refractivity contribution is 5.93. The SMILES string of the molecule is CC(C)c1noc(CCCC(=O)Nc2ccc3nc(-c4cccc(F)c4)[nH]c3c2)n1. The molecule has 30 heavy (non-hydrogen) atoms. The van der Waals surface area contributed by atoms with Crippen molar-refractivity contribution in [3.63, 3.8) is 0 Å². The Labute approximate surface area is 172 Å². The number of aryl methyl sites for hydroxylation is 1. The van der Waals surface area contributed by atoms with Gasteiger partial charge in [0.25, 0.3) is 0 Å². The van der Waals surface area contributed by atoms with Crippen LogP contribution in [-0.2, 0) is 11.2 Å². The van der Waals surface area contributed by atoms with Crippen LogP contribution in [0.2, 0.25) is 0 Å². The van der Waals surface area contributed by atoms with Crippen molar-refractivity contribution in [2.75, 3.05) is 5.32 Å². The first-order valence-corrected chi connectivity index (χ1v) is 9.86. The lowest BCUT2D eigenvalue weighted by Crippen LogP contribution is -2.11. The summed E-state index contributed by atoms with van der Waals surface area (Å²) in [5, 5.41) is 6.81. The minimum atomic E-state index is -0.318. The number of aromatic amines is 1. The van der Waals surface area contributed by atoms with Crippen LogP contribution in [0, 0.1) is 5.82 Å². The van der Waals surface area contributed by atoms with Gasteiger partial charge in [-0.1, -0.05) is 31.1 Å². The van der Waals surface area contributed by atoms with Crippen LogP contribution in [0.1, 0.15) is 44.3 Å². The van der Waals surface area contributed by atoms with Crippen LogP contribution in [0.3, 0.4) is 0 Å². The fourth-order valence-electron chi connectivity index (χ4n) is 3.09. The molecule has 0 aliphatic rings. The molecule has 1 amide bonds. The first kappa shape index (κ1) is 19.8. The molecular formula is C22H22FN5O2. The Kier molecular flexibility index (Phi) is 5.56. The molecule has 0 spiro atoms. The summed E-state index contributed by atoms with van der Waals surface area (Å²) in [6.45, 7) is 4.00. The molecule has 0 saturated heterocycles. The summed E-state index contributed by atoms with van der Waals surface area (Å²) in [6.07, 6.45) is 1.51. The molecule has 2 aromatic heterocycles. The van der Waals surface area contributed by atoms with Gasteiger partial charge in [0.2, 0.25) is 11.8 Å². The maximum Gasteiger partial charge on any atom is 0.226 e. The molecule has 0 fully saturated rings. The third-order valence-electron chi connectivity index (χ3n) is 4.66. The lowest BCUT2D eigenvalue weighted by atomic mass is 10.2. The number of halogens is 1. The van der Waals surface area contributed by atoms with Crippen LogP contribution in [0.4, 0.5) is 10.1 Å². The minimum Gasteiger partial charge on any atom is -0.339 e. The van der Waals surface area contributed by atoms with Crippen LogP contribution in [0.25, 0.3) is 22.4 Å². The van der Waals surface area contributed by atoms with Gasteiger partial charge in [-0.2, -0.15) is 4.98 Å². The smallest absolute Gasteiger partial charge is 0.226 e. The van der Waals surface area contributed by atoms with Crippen molar-refractivity contribution in [2.24, 2.45) is 0 Å². The first-order valence-electron chi connectivity index (χ1n) is 9.86. The number of rotatable bonds is 7. The van der Waals surface area contributed by atoms with E-state index >= 15 is 0 Å². The summed E-state index contributed by atoms with van der Waals surface area (Å²) < 4.78 is 18.7. The Morgan fingerprint density at radius 2 is 2.07 bits per heavy atom. The van der Waals surface area contributed by atoms with Crippen molar-refractivity contribution < 1.29 is 13.7 Å². The van der Waals surface area contributed by atoms with Gasteiger partial charge >= 0.3 is 0 Å². The number of nitrogens with one attached hydrogen (secondary N) is 2. The average molecular weight is 407 g/mol. The lowest BCUT2D eigenvalue weighted by Gasteiger charge is -2.04. The third-order valence-corrected chi connectivity index (χ3v) is 4.66.